The molecule has 2 aliphatic heterocycles. The number of hydrogen-bond acceptors (Lipinski definition) is 8. The van der Waals surface area contributed by atoms with Crippen LogP contribution < -0.4 is 5.32 Å². The number of aromatic nitrogens is 4. The van der Waals surface area contributed by atoms with Crippen molar-refractivity contribution in [1.29, 1.82) is 5.26 Å². The van der Waals surface area contributed by atoms with Crippen molar-refractivity contribution in [3.8, 4) is 6.07 Å². The number of hydrogen-bond donors (Lipinski definition) is 2. The molecule has 0 saturated carbocycles. The highest BCUT2D eigenvalue weighted by Gasteiger charge is 2.40. The molecule has 2 aliphatic rings. The summed E-state index contributed by atoms with van der Waals surface area (Å²) in [6, 6.07) is 11.3. The van der Waals surface area contributed by atoms with Crippen LogP contribution in [0, 0.1) is 18.3 Å². The zero-order chi connectivity index (χ0) is 20.5. The summed E-state index contributed by atoms with van der Waals surface area (Å²) in [5.41, 5.74) is 1.91. The highest BCUT2D eigenvalue weighted by Crippen LogP contribution is 2.37. The largest absolute Gasteiger partial charge is 0.323 e. The van der Waals surface area contributed by atoms with E-state index in [4.69, 9.17) is 10.2 Å². The minimum absolute atomic E-state index is 0.530. The summed E-state index contributed by atoms with van der Waals surface area (Å²) in [6.07, 6.45) is 4.85. The lowest BCUT2D eigenvalue weighted by Crippen LogP contribution is -2.51. The van der Waals surface area contributed by atoms with Gasteiger partial charge >= 0.3 is 0 Å². The average Bonchev–Trinajstić information content (AvgIpc) is 3.25. The van der Waals surface area contributed by atoms with Gasteiger partial charge < -0.3 is 5.32 Å². The van der Waals surface area contributed by atoms with Gasteiger partial charge in [0.05, 0.1) is 11.6 Å². The minimum atomic E-state index is 0.530. The lowest BCUT2D eigenvalue weighted by atomic mass is 10.2. The number of aryl methyl sites for hydroxylation is 1. The Morgan fingerprint density at radius 3 is 2.83 bits per heavy atom. The van der Waals surface area contributed by atoms with Crippen LogP contribution in [0.3, 0.4) is 0 Å². The number of fused-ring (bicyclic) bond motifs is 3. The molecule has 154 valence electrons. The Kier molecular flexibility index (Phi) is 5.29. The van der Waals surface area contributed by atoms with Crippen molar-refractivity contribution in [2.75, 3.05) is 25.0 Å². The molecular weight excluding hydrogens is 396 g/mol. The van der Waals surface area contributed by atoms with E-state index in [2.05, 4.69) is 41.8 Å². The molecule has 8 nitrogen and oxygen atoms in total. The summed E-state index contributed by atoms with van der Waals surface area (Å²) in [5.74, 6) is 1.49. The normalized spacial score (nSPS) is 21.7. The Morgan fingerprint density at radius 2 is 2.10 bits per heavy atom. The topological polar surface area (TPSA) is 96.8 Å². The molecule has 3 aromatic rings. The molecule has 5 heterocycles. The van der Waals surface area contributed by atoms with E-state index < -0.39 is 0 Å². The van der Waals surface area contributed by atoms with Crippen molar-refractivity contribution < 1.29 is 0 Å². The molecule has 3 aromatic heterocycles. The number of aromatic amines is 1. The number of nitrogens with one attached hydrogen (secondary N) is 2. The zero-order valence-electron chi connectivity index (χ0n) is 16.9. The number of piperazine rings is 1. The monoisotopic (exact) mass is 420 g/mol. The maximum Gasteiger partial charge on any atom is 0.153 e. The SMILES string of the molecule is Cc1cc(Nc2cc3ncccc3c(SN3CC4CCC(C3)N4CCC#N)n2)n[nH]1. The summed E-state index contributed by atoms with van der Waals surface area (Å²) < 4.78 is 2.43. The number of nitriles is 1. The summed E-state index contributed by atoms with van der Waals surface area (Å²) in [4.78, 5) is 12.0. The Bertz CT molecular complexity index is 1080. The number of nitrogens with zero attached hydrogens (tertiary/aromatic N) is 6. The van der Waals surface area contributed by atoms with E-state index in [0.29, 0.717) is 18.5 Å². The van der Waals surface area contributed by atoms with Gasteiger partial charge in [-0.2, -0.15) is 10.4 Å². The maximum absolute atomic E-state index is 8.95. The number of H-pyrrole nitrogens is 1. The van der Waals surface area contributed by atoms with E-state index in [1.807, 2.05) is 31.3 Å². The first-order valence-electron chi connectivity index (χ1n) is 10.3. The molecule has 0 aromatic carbocycles. The molecule has 0 aliphatic carbocycles. The molecule has 5 rings (SSSR count). The van der Waals surface area contributed by atoms with Crippen molar-refractivity contribution in [3.05, 3.63) is 36.2 Å². The van der Waals surface area contributed by atoms with Crippen LogP contribution in [-0.4, -0.2) is 61.1 Å². The number of rotatable bonds is 6. The molecule has 2 unspecified atom stereocenters. The van der Waals surface area contributed by atoms with Gasteiger partial charge in [-0.25, -0.2) is 9.29 Å². The third-order valence-corrected chi connectivity index (χ3v) is 6.86. The van der Waals surface area contributed by atoms with Crippen LogP contribution >= 0.6 is 11.9 Å². The Labute approximate surface area is 179 Å². The van der Waals surface area contributed by atoms with Gasteiger partial charge in [0, 0.05) is 67.5 Å². The summed E-state index contributed by atoms with van der Waals surface area (Å²) in [7, 11) is 0. The van der Waals surface area contributed by atoms with E-state index in [-0.39, 0.29) is 0 Å². The van der Waals surface area contributed by atoms with Crippen LogP contribution in [0.4, 0.5) is 11.6 Å². The minimum Gasteiger partial charge on any atom is -0.323 e. The average molecular weight is 421 g/mol. The van der Waals surface area contributed by atoms with E-state index in [9.17, 15) is 0 Å². The second-order valence-corrected chi connectivity index (χ2v) is 9.00. The van der Waals surface area contributed by atoms with E-state index in [0.717, 1.165) is 52.9 Å². The predicted octanol–water partition coefficient (Wildman–Crippen LogP) is 3.47. The fourth-order valence-corrected chi connectivity index (χ4v) is 5.63. The summed E-state index contributed by atoms with van der Waals surface area (Å²) in [5, 5.41) is 21.5. The molecule has 2 N–H and O–H groups in total. The maximum atomic E-state index is 8.95. The van der Waals surface area contributed by atoms with Crippen molar-refractivity contribution in [2.45, 2.75) is 43.3 Å². The Morgan fingerprint density at radius 1 is 1.27 bits per heavy atom. The van der Waals surface area contributed by atoms with Gasteiger partial charge in [-0.3, -0.25) is 15.0 Å². The fourth-order valence-electron chi connectivity index (χ4n) is 4.48. The number of pyridine rings is 2. The standard InChI is InChI=1S/C21H24N8S/c1-14-10-20(27-26-14)24-19-11-18-17(4-2-8-23-18)21(25-19)30-28-12-15-5-6-16(13-28)29(15)9-3-7-22/h2,4,8,10-11,15-16H,3,5-6,9,12-13H2,1H3,(H2,24,25,26,27). The van der Waals surface area contributed by atoms with Gasteiger partial charge in [-0.1, -0.05) is 0 Å². The smallest absolute Gasteiger partial charge is 0.153 e. The van der Waals surface area contributed by atoms with E-state index in [1.165, 1.54) is 12.8 Å². The van der Waals surface area contributed by atoms with Gasteiger partial charge in [-0.05, 0) is 43.8 Å². The lowest BCUT2D eigenvalue weighted by Gasteiger charge is -2.39. The Hall–Kier alpha value is -2.67. The first-order valence-corrected chi connectivity index (χ1v) is 11.1. The van der Waals surface area contributed by atoms with Crippen LogP contribution in [-0.2, 0) is 0 Å². The Balaban J connectivity index is 1.38. The highest BCUT2D eigenvalue weighted by molar-refractivity contribution is 7.97. The van der Waals surface area contributed by atoms with Gasteiger partial charge in [0.1, 0.15) is 10.8 Å². The van der Waals surface area contributed by atoms with Crippen molar-refractivity contribution in [2.24, 2.45) is 0 Å². The van der Waals surface area contributed by atoms with Crippen LogP contribution in [0.25, 0.3) is 10.9 Å². The van der Waals surface area contributed by atoms with Gasteiger partial charge in [0.2, 0.25) is 0 Å². The molecule has 2 saturated heterocycles. The third kappa shape index (κ3) is 3.86. The molecular formula is C21H24N8S. The molecule has 0 spiro atoms. The molecule has 2 bridgehead atoms. The van der Waals surface area contributed by atoms with Crippen molar-refractivity contribution >= 4 is 34.5 Å². The first-order chi connectivity index (χ1) is 14.7. The molecule has 30 heavy (non-hydrogen) atoms. The molecule has 0 radical (unpaired) electrons. The highest BCUT2D eigenvalue weighted by atomic mass is 32.2. The van der Waals surface area contributed by atoms with E-state index >= 15 is 0 Å². The van der Waals surface area contributed by atoms with Gasteiger partial charge in [0.25, 0.3) is 0 Å². The predicted molar refractivity (Wildman–Crippen MR) is 117 cm³/mol. The lowest BCUT2D eigenvalue weighted by molar-refractivity contribution is 0.118. The van der Waals surface area contributed by atoms with E-state index in [1.54, 1.807) is 11.9 Å². The summed E-state index contributed by atoms with van der Waals surface area (Å²) in [6.45, 7) is 4.84. The third-order valence-electron chi connectivity index (χ3n) is 5.82. The van der Waals surface area contributed by atoms with Crippen molar-refractivity contribution in [1.82, 2.24) is 29.4 Å². The second kappa shape index (κ2) is 8.22. The molecule has 2 atom stereocenters. The molecule has 9 heteroatoms. The van der Waals surface area contributed by atoms with Crippen LogP contribution in [0.2, 0.25) is 0 Å². The molecule has 0 amide bonds. The quantitative estimate of drug-likeness (QED) is 0.585. The van der Waals surface area contributed by atoms with Crippen LogP contribution in [0.15, 0.2) is 35.5 Å². The fraction of sp³-hybridized carbons (Fsp3) is 0.429. The molecule has 2 fully saturated rings. The van der Waals surface area contributed by atoms with Gasteiger partial charge in [0.15, 0.2) is 5.82 Å². The first kappa shape index (κ1) is 19.3. The van der Waals surface area contributed by atoms with Crippen molar-refractivity contribution in [3.63, 3.8) is 0 Å². The van der Waals surface area contributed by atoms with Crippen LogP contribution in [0.5, 0.6) is 0 Å². The summed E-state index contributed by atoms with van der Waals surface area (Å²) >= 11 is 1.72. The zero-order valence-corrected chi connectivity index (χ0v) is 17.7. The van der Waals surface area contributed by atoms with Gasteiger partial charge in [-0.15, -0.1) is 0 Å². The second-order valence-electron chi connectivity index (χ2n) is 7.91. The van der Waals surface area contributed by atoms with Crippen LogP contribution in [0.1, 0.15) is 25.0 Å². The number of anilines is 2.